The number of hydrogen-bond donors (Lipinski definition) is 1. The first-order valence-corrected chi connectivity index (χ1v) is 8.65. The number of carbonyl (C=O) groups excluding carboxylic acids is 1. The molecular formula is C16H12I2N2O. The van der Waals surface area contributed by atoms with E-state index >= 15 is 0 Å². The van der Waals surface area contributed by atoms with Gasteiger partial charge in [0.2, 0.25) is 5.91 Å². The largest absolute Gasteiger partial charge is 0.272 e. The fourth-order valence-electron chi connectivity index (χ4n) is 2.49. The summed E-state index contributed by atoms with van der Waals surface area (Å²) in [6.07, 6.45) is 1.83. The molecule has 1 aliphatic rings. The molecule has 2 atom stereocenters. The second-order valence-electron chi connectivity index (χ2n) is 4.86. The van der Waals surface area contributed by atoms with Crippen molar-refractivity contribution in [1.29, 1.82) is 0 Å². The van der Waals surface area contributed by atoms with Gasteiger partial charge in [-0.1, -0.05) is 24.3 Å². The molecule has 2 aromatic carbocycles. The van der Waals surface area contributed by atoms with Crippen LogP contribution in [0.2, 0.25) is 0 Å². The molecule has 3 rings (SSSR count). The zero-order chi connectivity index (χ0) is 14.8. The van der Waals surface area contributed by atoms with Crippen molar-refractivity contribution in [1.82, 2.24) is 5.43 Å². The van der Waals surface area contributed by atoms with Crippen LogP contribution in [0.3, 0.4) is 0 Å². The van der Waals surface area contributed by atoms with Crippen LogP contribution in [-0.2, 0) is 4.79 Å². The van der Waals surface area contributed by atoms with Gasteiger partial charge in [0, 0.05) is 19.3 Å². The molecule has 0 aromatic heterocycles. The van der Waals surface area contributed by atoms with Crippen molar-refractivity contribution in [2.24, 2.45) is 5.10 Å². The van der Waals surface area contributed by atoms with Crippen molar-refractivity contribution in [2.75, 3.05) is 0 Å². The minimum Gasteiger partial charge on any atom is -0.272 e. The molecule has 0 spiro atoms. The van der Waals surface area contributed by atoms with Gasteiger partial charge in [0.15, 0.2) is 0 Å². The van der Waals surface area contributed by atoms with Gasteiger partial charge in [-0.2, -0.15) is 5.10 Å². The summed E-state index contributed by atoms with van der Waals surface area (Å²) < 4.78 is 2.34. The van der Waals surface area contributed by atoms with Crippen LogP contribution >= 0.6 is 45.2 Å². The minimum absolute atomic E-state index is 0.0317. The number of rotatable bonds is 2. The van der Waals surface area contributed by atoms with Gasteiger partial charge in [0.25, 0.3) is 0 Å². The molecule has 0 bridgehead atoms. The number of hydrazone groups is 1. The molecule has 0 radical (unpaired) electrons. The monoisotopic (exact) mass is 502 g/mol. The Morgan fingerprint density at radius 3 is 1.95 bits per heavy atom. The van der Waals surface area contributed by atoms with Crippen molar-refractivity contribution in [3.05, 3.63) is 66.8 Å². The van der Waals surface area contributed by atoms with Gasteiger partial charge < -0.3 is 0 Å². The standard InChI is InChI=1S/C16H12I2N2O/c17-12-5-1-10(2-6-12)14-9-19-20-16(21)15(14)11-3-7-13(18)8-4-11/h1-9,14-15H,(H,20,21). The molecular weight excluding hydrogens is 490 g/mol. The number of benzene rings is 2. The second-order valence-corrected chi connectivity index (χ2v) is 7.35. The molecule has 2 aromatic rings. The highest BCUT2D eigenvalue weighted by Crippen LogP contribution is 2.34. The van der Waals surface area contributed by atoms with Crippen molar-refractivity contribution in [3.8, 4) is 0 Å². The summed E-state index contributed by atoms with van der Waals surface area (Å²) in [7, 11) is 0. The Balaban J connectivity index is 2.02. The van der Waals surface area contributed by atoms with Gasteiger partial charge >= 0.3 is 0 Å². The summed E-state index contributed by atoms with van der Waals surface area (Å²) in [5.41, 5.74) is 4.71. The molecule has 0 saturated heterocycles. The fraction of sp³-hybridized carbons (Fsp3) is 0.125. The molecule has 2 unspecified atom stereocenters. The zero-order valence-corrected chi connectivity index (χ0v) is 15.3. The van der Waals surface area contributed by atoms with E-state index in [1.54, 1.807) is 0 Å². The predicted octanol–water partition coefficient (Wildman–Crippen LogP) is 3.88. The SMILES string of the molecule is O=C1NN=CC(c2ccc(I)cc2)C1c1ccc(I)cc1. The van der Waals surface area contributed by atoms with E-state index in [4.69, 9.17) is 0 Å². The van der Waals surface area contributed by atoms with E-state index < -0.39 is 0 Å². The summed E-state index contributed by atoms with van der Waals surface area (Å²) in [4.78, 5) is 12.3. The molecule has 0 saturated carbocycles. The van der Waals surface area contributed by atoms with E-state index in [1.807, 2.05) is 30.5 Å². The second kappa shape index (κ2) is 6.43. The Labute approximate surface area is 150 Å². The number of nitrogens with one attached hydrogen (secondary N) is 1. The number of nitrogens with zero attached hydrogens (tertiary/aromatic N) is 1. The van der Waals surface area contributed by atoms with Crippen LogP contribution in [0.1, 0.15) is 23.0 Å². The maximum atomic E-state index is 12.3. The first kappa shape index (κ1) is 15.0. The van der Waals surface area contributed by atoms with E-state index in [1.165, 1.54) is 3.57 Å². The third-order valence-electron chi connectivity index (χ3n) is 3.54. The molecule has 0 aliphatic carbocycles. The number of carbonyl (C=O) groups is 1. The van der Waals surface area contributed by atoms with Gasteiger partial charge in [0.1, 0.15) is 0 Å². The third-order valence-corrected chi connectivity index (χ3v) is 4.97. The van der Waals surface area contributed by atoms with Crippen molar-refractivity contribution >= 4 is 57.3 Å². The quantitative estimate of drug-likeness (QED) is 0.623. The van der Waals surface area contributed by atoms with Gasteiger partial charge in [-0.25, -0.2) is 5.43 Å². The van der Waals surface area contributed by atoms with Crippen LogP contribution in [0.15, 0.2) is 53.6 Å². The van der Waals surface area contributed by atoms with Crippen LogP contribution in [0.25, 0.3) is 0 Å². The highest BCUT2D eigenvalue weighted by molar-refractivity contribution is 14.1. The third kappa shape index (κ3) is 3.28. The lowest BCUT2D eigenvalue weighted by Crippen LogP contribution is -2.34. The lowest BCUT2D eigenvalue weighted by Gasteiger charge is -2.26. The van der Waals surface area contributed by atoms with Crippen molar-refractivity contribution in [2.45, 2.75) is 11.8 Å². The van der Waals surface area contributed by atoms with Crippen molar-refractivity contribution in [3.63, 3.8) is 0 Å². The molecule has 21 heavy (non-hydrogen) atoms. The summed E-state index contributed by atoms with van der Waals surface area (Å²) in [5.74, 6) is -0.322. The summed E-state index contributed by atoms with van der Waals surface area (Å²) >= 11 is 4.54. The molecule has 1 N–H and O–H groups in total. The zero-order valence-electron chi connectivity index (χ0n) is 11.0. The van der Waals surface area contributed by atoms with Crippen LogP contribution in [0.4, 0.5) is 0 Å². The van der Waals surface area contributed by atoms with Gasteiger partial charge in [-0.3, -0.25) is 4.79 Å². The predicted molar refractivity (Wildman–Crippen MR) is 100 cm³/mol. The summed E-state index contributed by atoms with van der Waals surface area (Å²) in [5, 5.41) is 4.00. The summed E-state index contributed by atoms with van der Waals surface area (Å²) in [6.45, 7) is 0. The Bertz CT molecular complexity index is 680. The molecule has 1 heterocycles. The Morgan fingerprint density at radius 1 is 0.857 bits per heavy atom. The molecule has 106 valence electrons. The fourth-order valence-corrected chi connectivity index (χ4v) is 3.21. The molecule has 1 aliphatic heterocycles. The maximum Gasteiger partial charge on any atom is 0.248 e. The van der Waals surface area contributed by atoms with Crippen LogP contribution < -0.4 is 5.43 Å². The van der Waals surface area contributed by atoms with Crippen LogP contribution in [-0.4, -0.2) is 12.1 Å². The average Bonchev–Trinajstić information content (AvgIpc) is 2.49. The topological polar surface area (TPSA) is 41.5 Å². The Kier molecular flexibility index (Phi) is 4.58. The lowest BCUT2D eigenvalue weighted by atomic mass is 9.81. The van der Waals surface area contributed by atoms with Gasteiger partial charge in [-0.15, -0.1) is 0 Å². The van der Waals surface area contributed by atoms with Gasteiger partial charge in [-0.05, 0) is 80.6 Å². The Morgan fingerprint density at radius 2 is 1.38 bits per heavy atom. The lowest BCUT2D eigenvalue weighted by molar-refractivity contribution is -0.123. The van der Waals surface area contributed by atoms with Crippen LogP contribution in [0.5, 0.6) is 0 Å². The molecule has 1 amide bonds. The van der Waals surface area contributed by atoms with E-state index in [0.717, 1.165) is 14.7 Å². The number of halogens is 2. The Hall–Kier alpha value is -0.960. The van der Waals surface area contributed by atoms with E-state index in [9.17, 15) is 4.79 Å². The molecule has 0 fully saturated rings. The maximum absolute atomic E-state index is 12.3. The first-order chi connectivity index (χ1) is 10.1. The number of hydrogen-bond acceptors (Lipinski definition) is 2. The number of amides is 1. The molecule has 3 nitrogen and oxygen atoms in total. The normalized spacial score (nSPS) is 21.1. The van der Waals surface area contributed by atoms with Crippen molar-refractivity contribution < 1.29 is 4.79 Å². The average molecular weight is 502 g/mol. The summed E-state index contributed by atoms with van der Waals surface area (Å²) in [6, 6.07) is 16.3. The molecule has 5 heteroatoms. The smallest absolute Gasteiger partial charge is 0.248 e. The van der Waals surface area contributed by atoms with E-state index in [2.05, 4.69) is 80.0 Å². The van der Waals surface area contributed by atoms with Gasteiger partial charge in [0.05, 0.1) is 5.92 Å². The van der Waals surface area contributed by atoms with Crippen LogP contribution in [0, 0.1) is 7.14 Å². The first-order valence-electron chi connectivity index (χ1n) is 6.49. The minimum atomic E-state index is -0.237. The highest BCUT2D eigenvalue weighted by atomic mass is 127. The van der Waals surface area contributed by atoms with E-state index in [0.29, 0.717) is 0 Å². The van der Waals surface area contributed by atoms with E-state index in [-0.39, 0.29) is 17.7 Å². The highest BCUT2D eigenvalue weighted by Gasteiger charge is 2.32.